The zero-order valence-corrected chi connectivity index (χ0v) is 14.9. The van der Waals surface area contributed by atoms with E-state index < -0.39 is 11.7 Å². The topological polar surface area (TPSA) is 35.0 Å². The third-order valence-electron chi connectivity index (χ3n) is 4.47. The molecule has 0 unspecified atom stereocenters. The number of hydrogen-bond acceptors (Lipinski definition) is 3. The van der Waals surface area contributed by atoms with E-state index in [1.165, 1.54) is 13.3 Å². The first-order valence-corrected chi connectivity index (χ1v) is 8.55. The highest BCUT2D eigenvalue weighted by Crippen LogP contribution is 2.45. The van der Waals surface area contributed by atoms with Crippen LogP contribution in [0.3, 0.4) is 0 Å². The Morgan fingerprint density at radius 1 is 0.821 bits per heavy atom. The van der Waals surface area contributed by atoms with Crippen LogP contribution >= 0.6 is 0 Å². The molecule has 0 atom stereocenters. The quantitative estimate of drug-likeness (QED) is 0.438. The van der Waals surface area contributed by atoms with Crippen molar-refractivity contribution in [1.29, 1.82) is 0 Å². The lowest BCUT2D eigenvalue weighted by Gasteiger charge is -2.19. The molecule has 3 nitrogen and oxygen atoms in total. The standard InChI is InChI=1S/C22H15F3N2O/c1-28-16-11-9-15(10-12-16)20-19(22(23,24)25)18(14-6-3-2-4-7-14)17-8-5-13-26-21(17)27-20/h2-13H,1H3. The highest BCUT2D eigenvalue weighted by atomic mass is 19.4. The van der Waals surface area contributed by atoms with Crippen molar-refractivity contribution in [2.75, 3.05) is 7.11 Å². The zero-order chi connectivity index (χ0) is 19.7. The lowest BCUT2D eigenvalue weighted by atomic mass is 9.92. The third-order valence-corrected chi connectivity index (χ3v) is 4.47. The fraction of sp³-hybridized carbons (Fsp3) is 0.0909. The molecule has 0 amide bonds. The minimum Gasteiger partial charge on any atom is -0.497 e. The smallest absolute Gasteiger partial charge is 0.419 e. The molecule has 28 heavy (non-hydrogen) atoms. The van der Waals surface area contributed by atoms with Gasteiger partial charge < -0.3 is 4.74 Å². The summed E-state index contributed by atoms with van der Waals surface area (Å²) in [6.45, 7) is 0. The Morgan fingerprint density at radius 3 is 2.18 bits per heavy atom. The minimum atomic E-state index is -4.60. The first-order valence-electron chi connectivity index (χ1n) is 8.55. The van der Waals surface area contributed by atoms with Crippen LogP contribution in [0.5, 0.6) is 5.75 Å². The molecule has 2 aromatic carbocycles. The van der Waals surface area contributed by atoms with E-state index in [1.807, 2.05) is 0 Å². The Hall–Kier alpha value is -3.41. The van der Waals surface area contributed by atoms with Gasteiger partial charge >= 0.3 is 6.18 Å². The summed E-state index contributed by atoms with van der Waals surface area (Å²) in [5.41, 5.74) is 0.226. The van der Waals surface area contributed by atoms with Crippen LogP contribution in [0.25, 0.3) is 33.4 Å². The van der Waals surface area contributed by atoms with Crippen LogP contribution in [-0.2, 0) is 6.18 Å². The van der Waals surface area contributed by atoms with Gasteiger partial charge in [-0.25, -0.2) is 9.97 Å². The maximum Gasteiger partial charge on any atom is 0.419 e. The van der Waals surface area contributed by atoms with Gasteiger partial charge in [0.05, 0.1) is 18.4 Å². The summed E-state index contributed by atoms with van der Waals surface area (Å²) in [6, 6.07) is 18.1. The van der Waals surface area contributed by atoms with Gasteiger partial charge in [-0.1, -0.05) is 30.3 Å². The summed E-state index contributed by atoms with van der Waals surface area (Å²) in [5.74, 6) is 0.555. The molecule has 140 valence electrons. The lowest BCUT2D eigenvalue weighted by molar-refractivity contribution is -0.136. The van der Waals surface area contributed by atoms with Gasteiger partial charge in [-0.05, 0) is 42.0 Å². The second-order valence-electron chi connectivity index (χ2n) is 6.18. The Morgan fingerprint density at radius 2 is 1.54 bits per heavy atom. The minimum absolute atomic E-state index is 0.0806. The summed E-state index contributed by atoms with van der Waals surface area (Å²) >= 11 is 0. The third kappa shape index (κ3) is 3.17. The average molecular weight is 380 g/mol. The zero-order valence-electron chi connectivity index (χ0n) is 14.9. The van der Waals surface area contributed by atoms with E-state index in [2.05, 4.69) is 9.97 Å². The van der Waals surface area contributed by atoms with E-state index in [0.29, 0.717) is 22.3 Å². The van der Waals surface area contributed by atoms with Crippen LogP contribution in [0, 0.1) is 0 Å². The van der Waals surface area contributed by atoms with Crippen molar-refractivity contribution in [3.05, 3.63) is 78.5 Å². The molecule has 0 aliphatic carbocycles. The summed E-state index contributed by atoms with van der Waals surface area (Å²) in [5, 5.41) is 0.360. The first kappa shape index (κ1) is 18.0. The molecule has 0 spiro atoms. The number of rotatable bonds is 3. The number of halogens is 3. The Balaban J connectivity index is 2.12. The monoisotopic (exact) mass is 380 g/mol. The van der Waals surface area contributed by atoms with E-state index in [0.717, 1.165) is 0 Å². The largest absolute Gasteiger partial charge is 0.497 e. The van der Waals surface area contributed by atoms with Gasteiger partial charge in [0.1, 0.15) is 5.75 Å². The summed E-state index contributed by atoms with van der Waals surface area (Å²) in [4.78, 5) is 8.49. The predicted octanol–water partition coefficient (Wildman–Crippen LogP) is 5.99. The number of benzene rings is 2. The number of nitrogens with zero attached hydrogens (tertiary/aromatic N) is 2. The van der Waals surface area contributed by atoms with E-state index in [-0.39, 0.29) is 16.9 Å². The van der Waals surface area contributed by atoms with E-state index in [4.69, 9.17) is 4.74 Å². The van der Waals surface area contributed by atoms with Gasteiger partial charge in [0.15, 0.2) is 5.65 Å². The number of fused-ring (bicyclic) bond motifs is 1. The molecule has 0 N–H and O–H groups in total. The maximum atomic E-state index is 14.3. The van der Waals surface area contributed by atoms with Gasteiger partial charge in [-0.2, -0.15) is 13.2 Å². The maximum absolute atomic E-state index is 14.3. The van der Waals surface area contributed by atoms with Crippen molar-refractivity contribution in [3.63, 3.8) is 0 Å². The number of aromatic nitrogens is 2. The lowest BCUT2D eigenvalue weighted by Crippen LogP contribution is -2.12. The number of pyridine rings is 2. The van der Waals surface area contributed by atoms with Crippen LogP contribution in [0.2, 0.25) is 0 Å². The van der Waals surface area contributed by atoms with Gasteiger partial charge in [-0.3, -0.25) is 0 Å². The Kier molecular flexibility index (Phi) is 4.47. The average Bonchev–Trinajstić information content (AvgIpc) is 2.72. The van der Waals surface area contributed by atoms with Crippen molar-refractivity contribution >= 4 is 11.0 Å². The molecule has 2 heterocycles. The Bertz CT molecular complexity index is 1120. The molecular weight excluding hydrogens is 365 g/mol. The molecule has 0 fully saturated rings. The van der Waals surface area contributed by atoms with E-state index in [9.17, 15) is 13.2 Å². The SMILES string of the molecule is COc1ccc(-c2nc3ncccc3c(-c3ccccc3)c2C(F)(F)F)cc1. The number of alkyl halides is 3. The predicted molar refractivity (Wildman–Crippen MR) is 102 cm³/mol. The fourth-order valence-electron chi connectivity index (χ4n) is 3.23. The summed E-state index contributed by atoms with van der Waals surface area (Å²) in [6.07, 6.45) is -3.08. The molecule has 4 rings (SSSR count). The van der Waals surface area contributed by atoms with Crippen LogP contribution in [0.1, 0.15) is 5.56 Å². The van der Waals surface area contributed by atoms with Crippen LogP contribution < -0.4 is 4.74 Å². The number of methoxy groups -OCH3 is 1. The molecule has 0 aliphatic heterocycles. The van der Waals surface area contributed by atoms with Gasteiger partial charge in [-0.15, -0.1) is 0 Å². The van der Waals surface area contributed by atoms with Gasteiger partial charge in [0, 0.05) is 22.7 Å². The molecule has 0 bridgehead atoms. The highest BCUT2D eigenvalue weighted by Gasteiger charge is 2.39. The van der Waals surface area contributed by atoms with E-state index in [1.54, 1.807) is 66.7 Å². The molecule has 0 saturated carbocycles. The van der Waals surface area contributed by atoms with Gasteiger partial charge in [0.25, 0.3) is 0 Å². The highest BCUT2D eigenvalue weighted by molar-refractivity contribution is 5.98. The molecule has 0 aliphatic rings. The van der Waals surface area contributed by atoms with E-state index >= 15 is 0 Å². The van der Waals surface area contributed by atoms with Crippen molar-refractivity contribution in [3.8, 4) is 28.1 Å². The molecule has 6 heteroatoms. The number of ether oxygens (including phenoxy) is 1. The molecular formula is C22H15F3N2O. The molecule has 2 aromatic heterocycles. The normalized spacial score (nSPS) is 11.6. The summed E-state index contributed by atoms with van der Waals surface area (Å²) in [7, 11) is 1.50. The molecule has 0 radical (unpaired) electrons. The Labute approximate surface area is 159 Å². The van der Waals surface area contributed by atoms with Crippen LogP contribution in [0.4, 0.5) is 13.2 Å². The van der Waals surface area contributed by atoms with Crippen molar-refractivity contribution < 1.29 is 17.9 Å². The van der Waals surface area contributed by atoms with Crippen LogP contribution in [-0.4, -0.2) is 17.1 Å². The van der Waals surface area contributed by atoms with Crippen molar-refractivity contribution in [2.24, 2.45) is 0 Å². The molecule has 4 aromatic rings. The second kappa shape index (κ2) is 6.96. The van der Waals surface area contributed by atoms with Crippen LogP contribution in [0.15, 0.2) is 72.9 Å². The second-order valence-corrected chi connectivity index (χ2v) is 6.18. The number of hydrogen-bond donors (Lipinski definition) is 0. The summed E-state index contributed by atoms with van der Waals surface area (Å²) < 4.78 is 47.9. The molecule has 0 saturated heterocycles. The first-order chi connectivity index (χ1) is 13.5. The van der Waals surface area contributed by atoms with Gasteiger partial charge in [0.2, 0.25) is 0 Å². The fourth-order valence-corrected chi connectivity index (χ4v) is 3.23. The van der Waals surface area contributed by atoms with Crippen molar-refractivity contribution in [1.82, 2.24) is 9.97 Å². The van der Waals surface area contributed by atoms with Crippen molar-refractivity contribution in [2.45, 2.75) is 6.18 Å².